The van der Waals surface area contributed by atoms with Gasteiger partial charge in [0.2, 0.25) is 0 Å². The average molecular weight is 430 g/mol. The zero-order valence-corrected chi connectivity index (χ0v) is 17.6. The lowest BCUT2D eigenvalue weighted by Crippen LogP contribution is -2.49. The van der Waals surface area contributed by atoms with Crippen LogP contribution in [0.15, 0.2) is 67.1 Å². The lowest BCUT2D eigenvalue weighted by Gasteiger charge is -2.35. The van der Waals surface area contributed by atoms with Crippen LogP contribution in [0.1, 0.15) is 15.9 Å². The maximum Gasteiger partial charge on any atom is 0.253 e. The van der Waals surface area contributed by atoms with E-state index < -0.39 is 0 Å². The van der Waals surface area contributed by atoms with Crippen molar-refractivity contribution >= 4 is 11.6 Å². The maximum atomic E-state index is 12.9. The zero-order chi connectivity index (χ0) is 22.5. The van der Waals surface area contributed by atoms with Crippen LogP contribution in [-0.2, 0) is 6.54 Å². The van der Waals surface area contributed by atoms with Crippen LogP contribution in [0.25, 0.3) is 33.2 Å². The first-order valence-electron chi connectivity index (χ1n) is 10.7. The van der Waals surface area contributed by atoms with Gasteiger partial charge in [-0.2, -0.15) is 5.26 Å². The van der Waals surface area contributed by atoms with E-state index >= 15 is 0 Å². The van der Waals surface area contributed by atoms with Gasteiger partial charge in [-0.1, -0.05) is 24.3 Å². The first-order valence-corrected chi connectivity index (χ1v) is 10.7. The number of benzene rings is 2. The molecule has 0 saturated carbocycles. The smallest absolute Gasteiger partial charge is 0.253 e. The molecule has 1 saturated heterocycles. The molecule has 2 aromatic carbocycles. The topological polar surface area (TPSA) is 71.2 Å². The molecule has 1 fully saturated rings. The Kier molecular flexibility index (Phi) is 4.18. The number of likely N-dealkylation sites (tertiary alicyclic amines) is 1. The Morgan fingerprint density at radius 3 is 2.70 bits per heavy atom. The number of nitrogens with zero attached hydrogens (tertiary/aromatic N) is 6. The minimum Gasteiger partial charge on any atom is -0.340 e. The van der Waals surface area contributed by atoms with Crippen LogP contribution in [0.2, 0.25) is 0 Å². The molecule has 0 spiro atoms. The van der Waals surface area contributed by atoms with Crippen LogP contribution >= 0.6 is 0 Å². The number of carbonyl (C=O) groups excluding carboxylic acids is 1. The summed E-state index contributed by atoms with van der Waals surface area (Å²) in [6.45, 7) is 8.76. The minimum atomic E-state index is -0.0620. The molecular formula is C26H18N6O. The molecule has 6 rings (SSSR count). The molecule has 2 aliphatic heterocycles. The van der Waals surface area contributed by atoms with Gasteiger partial charge in [-0.3, -0.25) is 9.36 Å². The van der Waals surface area contributed by atoms with Crippen LogP contribution in [0.3, 0.4) is 0 Å². The molecular weight excluding hydrogens is 412 g/mol. The van der Waals surface area contributed by atoms with E-state index in [1.165, 1.54) is 0 Å². The summed E-state index contributed by atoms with van der Waals surface area (Å²) in [5.41, 5.74) is 6.37. The van der Waals surface area contributed by atoms with E-state index in [2.05, 4.69) is 37.3 Å². The fraction of sp³-hybridized carbons (Fsp3) is 0.154. The molecule has 0 atom stereocenters. The van der Waals surface area contributed by atoms with Crippen molar-refractivity contribution in [3.63, 3.8) is 0 Å². The summed E-state index contributed by atoms with van der Waals surface area (Å²) in [6, 6.07) is 17.7. The largest absolute Gasteiger partial charge is 0.340 e. The summed E-state index contributed by atoms with van der Waals surface area (Å²) < 4.78 is 4.22. The Labute approximate surface area is 190 Å². The number of imidazole rings is 1. The molecule has 0 radical (unpaired) electrons. The average Bonchev–Trinajstić information content (AvgIpc) is 3.43. The Morgan fingerprint density at radius 2 is 1.94 bits per heavy atom. The van der Waals surface area contributed by atoms with Crippen molar-refractivity contribution in [1.82, 2.24) is 19.0 Å². The lowest BCUT2D eigenvalue weighted by molar-refractivity contribution is 0.0577. The molecule has 2 aromatic heterocycles. The third-order valence-electron chi connectivity index (χ3n) is 6.37. The molecule has 33 heavy (non-hydrogen) atoms. The van der Waals surface area contributed by atoms with Crippen LogP contribution < -0.4 is 0 Å². The van der Waals surface area contributed by atoms with Gasteiger partial charge in [0, 0.05) is 49.4 Å². The number of nitriles is 1. The summed E-state index contributed by atoms with van der Waals surface area (Å²) in [7, 11) is 0. The molecule has 0 unspecified atom stereocenters. The second kappa shape index (κ2) is 7.22. The molecule has 158 valence electrons. The number of amides is 1. The quantitative estimate of drug-likeness (QED) is 0.387. The van der Waals surface area contributed by atoms with Crippen molar-refractivity contribution in [2.75, 3.05) is 13.1 Å². The van der Waals surface area contributed by atoms with Crippen molar-refractivity contribution < 1.29 is 4.79 Å². The number of hydrogen-bond donors (Lipinski definition) is 0. The van der Waals surface area contributed by atoms with Gasteiger partial charge in [-0.05, 0) is 35.4 Å². The molecule has 0 aliphatic carbocycles. The Morgan fingerprint density at radius 1 is 1.12 bits per heavy atom. The fourth-order valence-corrected chi connectivity index (χ4v) is 4.57. The predicted octanol–water partition coefficient (Wildman–Crippen LogP) is 4.52. The Bertz CT molecular complexity index is 1490. The predicted molar refractivity (Wildman–Crippen MR) is 123 cm³/mol. The summed E-state index contributed by atoms with van der Waals surface area (Å²) in [4.78, 5) is 22.7. The van der Waals surface area contributed by atoms with Gasteiger partial charge >= 0.3 is 0 Å². The van der Waals surface area contributed by atoms with Crippen LogP contribution in [0.5, 0.6) is 0 Å². The summed E-state index contributed by atoms with van der Waals surface area (Å²) in [5.74, 6) is 0.747. The highest BCUT2D eigenvalue weighted by molar-refractivity contribution is 5.95. The van der Waals surface area contributed by atoms with E-state index in [-0.39, 0.29) is 11.8 Å². The molecule has 4 aromatic rings. The first-order chi connectivity index (χ1) is 16.1. The molecule has 4 heterocycles. The molecule has 7 nitrogen and oxygen atoms in total. The summed E-state index contributed by atoms with van der Waals surface area (Å²) in [6.07, 6.45) is 5.82. The van der Waals surface area contributed by atoms with E-state index in [1.54, 1.807) is 11.1 Å². The van der Waals surface area contributed by atoms with E-state index in [9.17, 15) is 4.79 Å². The molecule has 2 aliphatic rings. The number of carbonyl (C=O) groups is 1. The molecule has 7 heteroatoms. The SMILES string of the molecule is [C-]#[N+]c1ccc(-c2cc3n(c2)Cc2cc(C(=O)N4CC(C#N)C4)ccc2-n2ccnc2-3)cc1. The van der Waals surface area contributed by atoms with E-state index in [4.69, 9.17) is 11.8 Å². The van der Waals surface area contributed by atoms with Gasteiger partial charge in [0.25, 0.3) is 5.91 Å². The van der Waals surface area contributed by atoms with Crippen molar-refractivity contribution in [1.29, 1.82) is 5.26 Å². The van der Waals surface area contributed by atoms with E-state index in [1.807, 2.05) is 48.7 Å². The standard InChI is InChI=1S/C26H18N6O/c1-28-22-5-2-18(3-6-22)20-11-24-25-29-8-9-32(25)23-7-4-19(10-21(23)16-30(24)15-20)26(33)31-13-17(12-27)14-31/h2-11,15,17H,13-14,16H2. The van der Waals surface area contributed by atoms with Crippen LogP contribution in [0, 0.1) is 23.8 Å². The third-order valence-corrected chi connectivity index (χ3v) is 6.37. The second-order valence-corrected chi connectivity index (χ2v) is 8.40. The van der Waals surface area contributed by atoms with Gasteiger partial charge in [0.1, 0.15) is 0 Å². The maximum absolute atomic E-state index is 12.9. The van der Waals surface area contributed by atoms with Gasteiger partial charge < -0.3 is 9.47 Å². The highest BCUT2D eigenvalue weighted by atomic mass is 16.2. The lowest BCUT2D eigenvalue weighted by atomic mass is 9.99. The normalized spacial score (nSPS) is 14.2. The van der Waals surface area contributed by atoms with Crippen molar-refractivity contribution in [2.24, 2.45) is 5.92 Å². The number of aromatic nitrogens is 3. The molecule has 1 amide bonds. The van der Waals surface area contributed by atoms with E-state index in [0.717, 1.165) is 33.9 Å². The van der Waals surface area contributed by atoms with Gasteiger partial charge in [-0.25, -0.2) is 9.83 Å². The minimum absolute atomic E-state index is 0.0345. The molecule has 0 bridgehead atoms. The van der Waals surface area contributed by atoms with Crippen molar-refractivity contribution in [3.05, 3.63) is 89.7 Å². The van der Waals surface area contributed by atoms with E-state index in [0.29, 0.717) is 30.9 Å². The zero-order valence-electron chi connectivity index (χ0n) is 17.6. The van der Waals surface area contributed by atoms with Gasteiger partial charge in [0.15, 0.2) is 11.5 Å². The number of fused-ring (bicyclic) bond motifs is 5. The van der Waals surface area contributed by atoms with Crippen LogP contribution in [0.4, 0.5) is 5.69 Å². The van der Waals surface area contributed by atoms with Crippen molar-refractivity contribution in [3.8, 4) is 34.4 Å². The summed E-state index contributed by atoms with van der Waals surface area (Å²) in [5, 5.41) is 9.01. The summed E-state index contributed by atoms with van der Waals surface area (Å²) >= 11 is 0. The third kappa shape index (κ3) is 3.02. The van der Waals surface area contributed by atoms with Crippen LogP contribution in [-0.4, -0.2) is 38.0 Å². The fourth-order valence-electron chi connectivity index (χ4n) is 4.57. The monoisotopic (exact) mass is 430 g/mol. The van der Waals surface area contributed by atoms with Gasteiger partial charge in [-0.15, -0.1) is 0 Å². The van der Waals surface area contributed by atoms with Gasteiger partial charge in [0.05, 0.1) is 29.9 Å². The number of hydrogen-bond acceptors (Lipinski definition) is 3. The molecule has 0 N–H and O–H groups in total. The number of rotatable bonds is 2. The Hall–Kier alpha value is -4.62. The second-order valence-electron chi connectivity index (χ2n) is 8.40. The Balaban J connectivity index is 1.40. The highest BCUT2D eigenvalue weighted by Crippen LogP contribution is 2.35. The highest BCUT2D eigenvalue weighted by Gasteiger charge is 2.31. The van der Waals surface area contributed by atoms with Crippen molar-refractivity contribution in [2.45, 2.75) is 6.54 Å². The first kappa shape index (κ1) is 19.1.